The Hall–Kier alpha value is -3.66. The van der Waals surface area contributed by atoms with E-state index >= 15 is 0 Å². The van der Waals surface area contributed by atoms with Gasteiger partial charge >= 0.3 is 11.9 Å². The minimum Gasteiger partial charge on any atom is -0.394 e. The number of esters is 2. The second-order valence-corrected chi connectivity index (χ2v) is 6.88. The van der Waals surface area contributed by atoms with Crippen LogP contribution in [0, 0.1) is 0 Å². The number of imidazole rings is 1. The SMILES string of the molecule is CC(=O)NCCn1cncc1C1=CC=NCN1N(Cl)c1ccccc1.CC(=O)OC(C)=O. The molecule has 3 rings (SSSR count). The molecule has 10 nitrogen and oxygen atoms in total. The van der Waals surface area contributed by atoms with Gasteiger partial charge in [0.15, 0.2) is 0 Å². The summed E-state index contributed by atoms with van der Waals surface area (Å²) in [7, 11) is 0. The standard InChI is InChI=1S/C17H19ClN6O.C4H6O3/c1-14(25)21-9-10-22-12-20-11-17(22)16-7-8-19-13-23(16)24(18)15-5-3-2-4-6-15;1-3(5)7-4(2)6/h2-8,11-12H,9-10,13H2,1H3,(H,21,25);1-2H3. The lowest BCUT2D eigenvalue weighted by Crippen LogP contribution is -2.37. The summed E-state index contributed by atoms with van der Waals surface area (Å²) in [5.74, 6) is -1.18. The van der Waals surface area contributed by atoms with Gasteiger partial charge in [-0.1, -0.05) is 18.2 Å². The second-order valence-electron chi connectivity index (χ2n) is 6.56. The van der Waals surface area contributed by atoms with Crippen LogP contribution in [-0.2, 0) is 25.7 Å². The van der Waals surface area contributed by atoms with Crippen LogP contribution in [0.1, 0.15) is 26.5 Å². The van der Waals surface area contributed by atoms with E-state index in [0.29, 0.717) is 19.8 Å². The molecule has 1 amide bonds. The molecule has 0 aliphatic carbocycles. The first kappa shape index (κ1) is 24.6. The number of amides is 1. The van der Waals surface area contributed by atoms with Crippen molar-refractivity contribution in [1.29, 1.82) is 0 Å². The molecule has 2 heterocycles. The van der Waals surface area contributed by atoms with Gasteiger partial charge in [0, 0.05) is 51.9 Å². The lowest BCUT2D eigenvalue weighted by atomic mass is 10.2. The van der Waals surface area contributed by atoms with E-state index in [1.54, 1.807) is 23.3 Å². The number of benzene rings is 1. The summed E-state index contributed by atoms with van der Waals surface area (Å²) in [4.78, 5) is 39.2. The smallest absolute Gasteiger partial charge is 0.310 e. The maximum Gasteiger partial charge on any atom is 0.310 e. The molecule has 0 radical (unpaired) electrons. The number of allylic oxidation sites excluding steroid dienone is 1. The number of aliphatic imine (C=N–C) groups is 1. The minimum absolute atomic E-state index is 0.0525. The summed E-state index contributed by atoms with van der Waals surface area (Å²) >= 11 is 6.55. The van der Waals surface area contributed by atoms with Gasteiger partial charge in [0.05, 0.1) is 29.6 Å². The van der Waals surface area contributed by atoms with Crippen molar-refractivity contribution in [2.24, 2.45) is 4.99 Å². The molecule has 32 heavy (non-hydrogen) atoms. The van der Waals surface area contributed by atoms with Gasteiger partial charge in [0.1, 0.15) is 6.67 Å². The number of para-hydroxylation sites is 1. The number of hydrogen-bond donors (Lipinski definition) is 1. The first-order chi connectivity index (χ1) is 15.3. The van der Waals surface area contributed by atoms with Gasteiger partial charge in [-0.3, -0.25) is 19.4 Å². The predicted octanol–water partition coefficient (Wildman–Crippen LogP) is 2.38. The maximum absolute atomic E-state index is 11.1. The molecule has 1 aromatic heterocycles. The van der Waals surface area contributed by atoms with Gasteiger partial charge in [0.25, 0.3) is 0 Å². The number of carbonyl (C=O) groups is 3. The predicted molar refractivity (Wildman–Crippen MR) is 121 cm³/mol. The zero-order valence-electron chi connectivity index (χ0n) is 18.1. The number of ether oxygens (including phenoxy) is 1. The number of halogens is 1. The number of rotatable bonds is 6. The van der Waals surface area contributed by atoms with Crippen LogP contribution in [0.15, 0.2) is 53.9 Å². The van der Waals surface area contributed by atoms with Crippen LogP contribution in [-0.4, -0.2) is 51.8 Å². The van der Waals surface area contributed by atoms with Crippen LogP contribution in [0.25, 0.3) is 5.70 Å². The second kappa shape index (κ2) is 12.3. The van der Waals surface area contributed by atoms with E-state index in [9.17, 15) is 14.4 Å². The molecule has 0 unspecified atom stereocenters. The highest BCUT2D eigenvalue weighted by Crippen LogP contribution is 2.28. The minimum atomic E-state index is -0.562. The highest BCUT2D eigenvalue weighted by atomic mass is 35.5. The average molecular weight is 461 g/mol. The number of nitrogens with zero attached hydrogens (tertiary/aromatic N) is 5. The first-order valence-corrected chi connectivity index (χ1v) is 10.1. The molecule has 2 aromatic rings. The summed E-state index contributed by atoms with van der Waals surface area (Å²) in [6.07, 6.45) is 7.17. The number of hydrogen-bond acceptors (Lipinski definition) is 8. The van der Waals surface area contributed by atoms with E-state index in [4.69, 9.17) is 11.8 Å². The number of aromatic nitrogens is 2. The number of carbonyl (C=O) groups excluding carboxylic acids is 3. The van der Waals surface area contributed by atoms with Crippen LogP contribution in [0.3, 0.4) is 0 Å². The van der Waals surface area contributed by atoms with E-state index in [1.165, 1.54) is 20.8 Å². The molecule has 11 heteroatoms. The summed E-state index contributed by atoms with van der Waals surface area (Å²) in [6.45, 7) is 5.42. The summed E-state index contributed by atoms with van der Waals surface area (Å²) < 4.78 is 7.50. The number of anilines is 1. The Kier molecular flexibility index (Phi) is 9.43. The van der Waals surface area contributed by atoms with E-state index < -0.39 is 11.9 Å². The summed E-state index contributed by atoms with van der Waals surface area (Å²) in [5, 5.41) is 4.65. The summed E-state index contributed by atoms with van der Waals surface area (Å²) in [5.41, 5.74) is 2.63. The van der Waals surface area contributed by atoms with Gasteiger partial charge in [-0.25, -0.2) is 9.99 Å². The lowest BCUT2D eigenvalue weighted by Gasteiger charge is -2.34. The van der Waals surface area contributed by atoms with Crippen molar-refractivity contribution >= 4 is 47.2 Å². The Morgan fingerprint density at radius 3 is 2.44 bits per heavy atom. The molecule has 0 saturated heterocycles. The molecular formula is C21H25ClN6O4. The van der Waals surface area contributed by atoms with Crippen molar-refractivity contribution in [1.82, 2.24) is 19.9 Å². The molecule has 0 fully saturated rings. The van der Waals surface area contributed by atoms with Gasteiger partial charge in [-0.05, 0) is 18.2 Å². The summed E-state index contributed by atoms with van der Waals surface area (Å²) in [6, 6.07) is 9.66. The monoisotopic (exact) mass is 460 g/mol. The fourth-order valence-electron chi connectivity index (χ4n) is 2.74. The highest BCUT2D eigenvalue weighted by molar-refractivity contribution is 6.25. The molecule has 1 aliphatic heterocycles. The van der Waals surface area contributed by atoms with Crippen molar-refractivity contribution < 1.29 is 19.1 Å². The van der Waals surface area contributed by atoms with E-state index in [2.05, 4.69) is 20.0 Å². The van der Waals surface area contributed by atoms with Crippen molar-refractivity contribution in [2.75, 3.05) is 17.7 Å². The molecule has 0 saturated carbocycles. The molecule has 0 bridgehead atoms. The fraction of sp³-hybridized carbons (Fsp3) is 0.286. The van der Waals surface area contributed by atoms with Gasteiger partial charge < -0.3 is 14.6 Å². The van der Waals surface area contributed by atoms with Gasteiger partial charge in [-0.15, -0.1) is 0 Å². The Labute approximate surface area is 191 Å². The Bertz CT molecular complexity index is 977. The van der Waals surface area contributed by atoms with Crippen LogP contribution < -0.4 is 9.84 Å². The van der Waals surface area contributed by atoms with E-state index in [0.717, 1.165) is 17.1 Å². The van der Waals surface area contributed by atoms with Crippen LogP contribution in [0.2, 0.25) is 0 Å². The molecule has 170 valence electrons. The zero-order chi connectivity index (χ0) is 23.5. The largest absolute Gasteiger partial charge is 0.394 e. The first-order valence-electron chi connectivity index (χ1n) is 9.72. The third kappa shape index (κ3) is 7.55. The highest BCUT2D eigenvalue weighted by Gasteiger charge is 2.22. The van der Waals surface area contributed by atoms with Crippen LogP contribution in [0.5, 0.6) is 0 Å². The van der Waals surface area contributed by atoms with Gasteiger partial charge in [0.2, 0.25) is 5.91 Å². The molecule has 1 aromatic carbocycles. The van der Waals surface area contributed by atoms with Crippen molar-refractivity contribution in [3.63, 3.8) is 0 Å². The fourth-order valence-corrected chi connectivity index (χ4v) is 2.98. The molecular weight excluding hydrogens is 436 g/mol. The topological polar surface area (TPSA) is 109 Å². The molecule has 1 aliphatic rings. The third-order valence-corrected chi connectivity index (χ3v) is 4.38. The third-order valence-electron chi connectivity index (χ3n) is 4.00. The lowest BCUT2D eigenvalue weighted by molar-refractivity contribution is -0.156. The number of nitrogens with one attached hydrogen (secondary N) is 1. The molecule has 1 N–H and O–H groups in total. The van der Waals surface area contributed by atoms with Crippen molar-refractivity contribution in [3.8, 4) is 0 Å². The average Bonchev–Trinajstić information content (AvgIpc) is 3.21. The molecule has 0 atom stereocenters. The zero-order valence-corrected chi connectivity index (χ0v) is 18.8. The van der Waals surface area contributed by atoms with Gasteiger partial charge in [-0.2, -0.15) is 4.53 Å². The van der Waals surface area contributed by atoms with Crippen LogP contribution in [0.4, 0.5) is 5.69 Å². The van der Waals surface area contributed by atoms with E-state index in [1.807, 2.05) is 46.0 Å². The number of hydrazine groups is 1. The molecule has 0 spiro atoms. The Balaban J connectivity index is 0.000000451. The van der Waals surface area contributed by atoms with Crippen LogP contribution >= 0.6 is 11.8 Å². The van der Waals surface area contributed by atoms with E-state index in [-0.39, 0.29) is 5.91 Å². The Morgan fingerprint density at radius 1 is 1.16 bits per heavy atom. The Morgan fingerprint density at radius 2 is 1.84 bits per heavy atom. The van der Waals surface area contributed by atoms with Crippen molar-refractivity contribution in [2.45, 2.75) is 27.3 Å². The maximum atomic E-state index is 11.1. The normalized spacial score (nSPS) is 12.2. The quantitative estimate of drug-likeness (QED) is 0.400. The van der Waals surface area contributed by atoms with Crippen molar-refractivity contribution in [3.05, 3.63) is 54.6 Å².